The second-order valence-electron chi connectivity index (χ2n) is 9.51. The third-order valence-corrected chi connectivity index (χ3v) is 6.69. The molecule has 15 heteroatoms. The van der Waals surface area contributed by atoms with E-state index in [9.17, 15) is 18.4 Å². The number of amides is 3. The van der Waals surface area contributed by atoms with Crippen LogP contribution in [0.4, 0.5) is 30.1 Å². The zero-order chi connectivity index (χ0) is 28.0. The van der Waals surface area contributed by atoms with Gasteiger partial charge in [0.2, 0.25) is 17.7 Å². The number of nitrogens with zero attached hydrogens (tertiary/aromatic N) is 7. The third kappa shape index (κ3) is 7.37. The molecule has 0 aliphatic carbocycles. The summed E-state index contributed by atoms with van der Waals surface area (Å²) in [6, 6.07) is 2.16. The van der Waals surface area contributed by atoms with E-state index in [0.717, 1.165) is 30.8 Å². The fourth-order valence-corrected chi connectivity index (χ4v) is 4.41. The Morgan fingerprint density at radius 2 is 1.92 bits per heavy atom. The monoisotopic (exact) mass is 549 g/mol. The van der Waals surface area contributed by atoms with E-state index >= 15 is 0 Å². The lowest BCUT2D eigenvalue weighted by Crippen LogP contribution is -2.60. The molecular weight excluding hydrogens is 516 g/mol. The minimum atomic E-state index is -3.16. The van der Waals surface area contributed by atoms with Crippen molar-refractivity contribution >= 4 is 23.9 Å². The Labute approximate surface area is 224 Å². The fourth-order valence-electron chi connectivity index (χ4n) is 4.41. The average Bonchev–Trinajstić information content (AvgIpc) is 2.91. The molecule has 4 rings (SSSR count). The summed E-state index contributed by atoms with van der Waals surface area (Å²) in [7, 11) is 3.31. The van der Waals surface area contributed by atoms with Crippen molar-refractivity contribution in [2.45, 2.75) is 44.2 Å². The number of ether oxygens (including phenoxy) is 2. The van der Waals surface area contributed by atoms with Crippen LogP contribution in [0.25, 0.3) is 0 Å². The molecule has 2 fully saturated rings. The minimum absolute atomic E-state index is 0.000479. The summed E-state index contributed by atoms with van der Waals surface area (Å²) >= 11 is 0. The van der Waals surface area contributed by atoms with Crippen LogP contribution < -0.4 is 25.0 Å². The number of halogens is 2. The van der Waals surface area contributed by atoms with E-state index in [0.29, 0.717) is 6.61 Å². The first-order valence-electron chi connectivity index (χ1n) is 12.8. The number of likely N-dealkylation sites (tertiary alicyclic amines) is 1. The number of urea groups is 1. The Kier molecular flexibility index (Phi) is 8.89. The first kappa shape index (κ1) is 28.1. The number of carbonyl (C=O) groups excluding carboxylic acids is 2. The van der Waals surface area contributed by atoms with Crippen molar-refractivity contribution in [3.05, 3.63) is 24.4 Å². The molecule has 2 saturated heterocycles. The zero-order valence-corrected chi connectivity index (χ0v) is 22.1. The van der Waals surface area contributed by atoms with Gasteiger partial charge in [-0.1, -0.05) is 0 Å². The molecule has 2 aliphatic rings. The molecule has 212 valence electrons. The number of rotatable bonds is 7. The molecule has 0 radical (unpaired) electrons. The van der Waals surface area contributed by atoms with Gasteiger partial charge in [0, 0.05) is 50.9 Å². The summed E-state index contributed by atoms with van der Waals surface area (Å²) in [6.07, 6.45) is 1.87. The number of aromatic nitrogens is 4. The van der Waals surface area contributed by atoms with Crippen LogP contribution in [0.3, 0.4) is 0 Å². The number of likely N-dealkylation sites (N-methyl/N-ethyl adjacent to an activating group) is 1. The van der Waals surface area contributed by atoms with Gasteiger partial charge in [0.05, 0.1) is 6.61 Å². The molecule has 0 unspecified atom stereocenters. The molecule has 0 bridgehead atoms. The molecular formula is C24H33F2N9O4. The van der Waals surface area contributed by atoms with Gasteiger partial charge in [0.25, 0.3) is 5.92 Å². The normalized spacial score (nSPS) is 19.7. The average molecular weight is 550 g/mol. The highest BCUT2D eigenvalue weighted by Crippen LogP contribution is 2.33. The number of alkyl halides is 2. The Morgan fingerprint density at radius 1 is 1.15 bits per heavy atom. The van der Waals surface area contributed by atoms with Gasteiger partial charge >= 0.3 is 12.1 Å². The quantitative estimate of drug-likeness (QED) is 0.529. The first-order valence-corrected chi connectivity index (χ1v) is 12.8. The van der Waals surface area contributed by atoms with Gasteiger partial charge < -0.3 is 29.5 Å². The van der Waals surface area contributed by atoms with E-state index < -0.39 is 30.5 Å². The summed E-state index contributed by atoms with van der Waals surface area (Å²) < 4.78 is 40.4. The SMILES string of the molecule is CCOc1ccc(NC(=O)N(C)[C@H]2CN(c3nccc(OC(=O)NC4CCN(C)CC4)n3)CCC2(F)F)nn1. The summed E-state index contributed by atoms with van der Waals surface area (Å²) in [5, 5.41) is 13.0. The number of anilines is 2. The Hall–Kier alpha value is -3.88. The second-order valence-corrected chi connectivity index (χ2v) is 9.51. The predicted octanol–water partition coefficient (Wildman–Crippen LogP) is 2.23. The molecule has 2 aromatic rings. The largest absolute Gasteiger partial charge is 0.477 e. The van der Waals surface area contributed by atoms with E-state index in [-0.39, 0.29) is 42.7 Å². The standard InChI is InChI=1S/C24H33F2N9O4/c1-4-38-20-6-5-18(31-32-20)29-22(36)34(3)17-15-35(14-10-24(17,25)26)21-27-11-7-19(30-21)39-23(37)28-16-8-12-33(2)13-9-16/h5-7,11,16-17H,4,8-10,12-15H2,1-3H3,(H,28,37)(H,29,31,36)/t17-/m0/s1. The summed E-state index contributed by atoms with van der Waals surface area (Å²) in [5.41, 5.74) is 0. The van der Waals surface area contributed by atoms with Gasteiger partial charge in [-0.2, -0.15) is 4.98 Å². The maximum absolute atomic E-state index is 14.9. The molecule has 2 aromatic heterocycles. The van der Waals surface area contributed by atoms with Crippen molar-refractivity contribution in [1.82, 2.24) is 35.3 Å². The maximum Gasteiger partial charge on any atom is 0.414 e. The van der Waals surface area contributed by atoms with Crippen LogP contribution in [0.2, 0.25) is 0 Å². The van der Waals surface area contributed by atoms with Gasteiger partial charge in [-0.25, -0.2) is 23.4 Å². The Bertz CT molecular complexity index is 1130. The number of nitrogens with one attached hydrogen (secondary N) is 2. The third-order valence-electron chi connectivity index (χ3n) is 6.69. The van der Waals surface area contributed by atoms with Crippen LogP contribution >= 0.6 is 0 Å². The molecule has 2 aliphatic heterocycles. The van der Waals surface area contributed by atoms with Gasteiger partial charge in [-0.05, 0) is 46.0 Å². The predicted molar refractivity (Wildman–Crippen MR) is 137 cm³/mol. The zero-order valence-electron chi connectivity index (χ0n) is 22.1. The summed E-state index contributed by atoms with van der Waals surface area (Å²) in [5.74, 6) is -2.66. The molecule has 3 amide bonds. The lowest BCUT2D eigenvalue weighted by Gasteiger charge is -2.42. The number of hydrogen-bond acceptors (Lipinski definition) is 10. The number of piperidine rings is 2. The molecule has 4 heterocycles. The highest BCUT2D eigenvalue weighted by molar-refractivity contribution is 5.88. The molecule has 39 heavy (non-hydrogen) atoms. The van der Waals surface area contributed by atoms with Gasteiger partial charge in [0.1, 0.15) is 6.04 Å². The van der Waals surface area contributed by atoms with Crippen molar-refractivity contribution < 1.29 is 27.8 Å². The Balaban J connectivity index is 1.37. The van der Waals surface area contributed by atoms with Crippen molar-refractivity contribution in [2.24, 2.45) is 0 Å². The van der Waals surface area contributed by atoms with Crippen LogP contribution in [0.1, 0.15) is 26.2 Å². The van der Waals surface area contributed by atoms with Crippen molar-refractivity contribution in [2.75, 3.05) is 57.1 Å². The van der Waals surface area contributed by atoms with E-state index in [1.165, 1.54) is 36.3 Å². The van der Waals surface area contributed by atoms with E-state index in [1.807, 2.05) is 7.05 Å². The first-order chi connectivity index (χ1) is 18.6. The topological polar surface area (TPSA) is 138 Å². The van der Waals surface area contributed by atoms with Crippen LogP contribution in [-0.2, 0) is 0 Å². The van der Waals surface area contributed by atoms with E-state index in [2.05, 4.69) is 35.7 Å². The maximum atomic E-state index is 14.9. The van der Waals surface area contributed by atoms with Crippen molar-refractivity contribution in [1.29, 1.82) is 0 Å². The number of carbonyl (C=O) groups is 2. The van der Waals surface area contributed by atoms with E-state index in [4.69, 9.17) is 9.47 Å². The highest BCUT2D eigenvalue weighted by Gasteiger charge is 2.48. The van der Waals surface area contributed by atoms with E-state index in [1.54, 1.807) is 6.92 Å². The molecule has 0 spiro atoms. The molecule has 0 saturated carbocycles. The molecule has 13 nitrogen and oxygen atoms in total. The van der Waals surface area contributed by atoms with Crippen LogP contribution in [0, 0.1) is 0 Å². The molecule has 2 N–H and O–H groups in total. The van der Waals surface area contributed by atoms with Crippen molar-refractivity contribution in [3.63, 3.8) is 0 Å². The summed E-state index contributed by atoms with van der Waals surface area (Å²) in [4.78, 5) is 38.2. The smallest absolute Gasteiger partial charge is 0.414 e. The van der Waals surface area contributed by atoms with Crippen molar-refractivity contribution in [3.8, 4) is 11.8 Å². The van der Waals surface area contributed by atoms with Crippen LogP contribution in [0.5, 0.6) is 11.8 Å². The van der Waals surface area contributed by atoms with Crippen LogP contribution in [0.15, 0.2) is 24.4 Å². The molecule has 1 atom stereocenters. The molecule has 0 aromatic carbocycles. The van der Waals surface area contributed by atoms with Gasteiger partial charge in [-0.3, -0.25) is 5.32 Å². The Morgan fingerprint density at radius 3 is 2.62 bits per heavy atom. The second kappa shape index (κ2) is 12.3. The highest BCUT2D eigenvalue weighted by atomic mass is 19.3. The fraction of sp³-hybridized carbons (Fsp3) is 0.583. The van der Waals surface area contributed by atoms with Gasteiger partial charge in [0.15, 0.2) is 5.82 Å². The number of hydrogen-bond donors (Lipinski definition) is 2. The van der Waals surface area contributed by atoms with Gasteiger partial charge in [-0.15, -0.1) is 10.2 Å². The lowest BCUT2D eigenvalue weighted by molar-refractivity contribution is -0.0760. The summed E-state index contributed by atoms with van der Waals surface area (Å²) in [6.45, 7) is 3.67. The lowest BCUT2D eigenvalue weighted by atomic mass is 10.00. The minimum Gasteiger partial charge on any atom is -0.477 e. The van der Waals surface area contributed by atoms with Crippen LogP contribution in [-0.4, -0.2) is 107 Å².